The summed E-state index contributed by atoms with van der Waals surface area (Å²) in [5.41, 5.74) is 5.13. The molecule has 0 saturated carbocycles. The summed E-state index contributed by atoms with van der Waals surface area (Å²) in [4.78, 5) is 33.9. The summed E-state index contributed by atoms with van der Waals surface area (Å²) in [6.07, 6.45) is 2.67. The molecule has 1 aromatic carbocycles. The minimum absolute atomic E-state index is 0.0531. The Bertz CT molecular complexity index is 517. The maximum atomic E-state index is 11.7. The van der Waals surface area contributed by atoms with Gasteiger partial charge in [0.2, 0.25) is 11.8 Å². The molecule has 7 heteroatoms. The summed E-state index contributed by atoms with van der Waals surface area (Å²) < 4.78 is 0. The molecule has 0 aromatic heterocycles. The van der Waals surface area contributed by atoms with Crippen LogP contribution in [-0.4, -0.2) is 24.3 Å². The first-order chi connectivity index (χ1) is 10.5. The van der Waals surface area contributed by atoms with E-state index in [9.17, 15) is 14.4 Å². The second-order valence-electron chi connectivity index (χ2n) is 4.80. The van der Waals surface area contributed by atoms with Crippen molar-refractivity contribution in [2.45, 2.75) is 32.6 Å². The molecule has 0 aliphatic carbocycles. The summed E-state index contributed by atoms with van der Waals surface area (Å²) in [6, 6.07) is 6.36. The second-order valence-corrected chi connectivity index (χ2v) is 5.24. The molecule has 0 bridgehead atoms. The third-order valence-electron chi connectivity index (χ3n) is 2.88. The first-order valence-electron chi connectivity index (χ1n) is 7.08. The number of hydrogen-bond acceptors (Lipinski definition) is 3. The number of benzene rings is 1. The Kier molecular flexibility index (Phi) is 7.99. The van der Waals surface area contributed by atoms with Crippen molar-refractivity contribution in [3.05, 3.63) is 34.9 Å². The number of hydrogen-bond donors (Lipinski definition) is 3. The number of carbonyl (C=O) groups is 3. The van der Waals surface area contributed by atoms with Crippen molar-refractivity contribution in [1.29, 1.82) is 0 Å². The van der Waals surface area contributed by atoms with E-state index in [2.05, 4.69) is 16.2 Å². The highest BCUT2D eigenvalue weighted by Gasteiger charge is 2.07. The smallest absolute Gasteiger partial charge is 0.269 e. The number of carbonyl (C=O) groups excluding carboxylic acids is 3. The van der Waals surface area contributed by atoms with Crippen LogP contribution in [0.3, 0.4) is 0 Å². The Morgan fingerprint density at radius 1 is 1.00 bits per heavy atom. The zero-order valence-corrected chi connectivity index (χ0v) is 13.2. The monoisotopic (exact) mass is 325 g/mol. The molecule has 0 saturated heterocycles. The molecule has 0 spiro atoms. The van der Waals surface area contributed by atoms with Crippen LogP contribution in [0.2, 0.25) is 5.02 Å². The molecule has 0 aliphatic rings. The third-order valence-corrected chi connectivity index (χ3v) is 3.13. The fourth-order valence-corrected chi connectivity index (χ4v) is 1.84. The van der Waals surface area contributed by atoms with Gasteiger partial charge >= 0.3 is 0 Å². The van der Waals surface area contributed by atoms with Gasteiger partial charge in [-0.05, 0) is 37.1 Å². The molecule has 22 heavy (non-hydrogen) atoms. The molecule has 0 atom stereocenters. The van der Waals surface area contributed by atoms with E-state index in [1.807, 2.05) is 0 Å². The van der Waals surface area contributed by atoms with Gasteiger partial charge in [-0.2, -0.15) is 0 Å². The Balaban J connectivity index is 2.13. The van der Waals surface area contributed by atoms with Crippen LogP contribution < -0.4 is 16.2 Å². The summed E-state index contributed by atoms with van der Waals surface area (Å²) in [5.74, 6) is -0.694. The van der Waals surface area contributed by atoms with Gasteiger partial charge in [-0.15, -0.1) is 0 Å². The predicted octanol–water partition coefficient (Wildman–Crippen LogP) is 1.80. The van der Waals surface area contributed by atoms with Crippen molar-refractivity contribution in [3.8, 4) is 0 Å². The highest BCUT2D eigenvalue weighted by atomic mass is 35.5. The maximum Gasteiger partial charge on any atom is 0.269 e. The molecule has 0 radical (unpaired) electrons. The van der Waals surface area contributed by atoms with E-state index in [0.717, 1.165) is 12.8 Å². The molecule has 3 amide bonds. The molecule has 0 unspecified atom stereocenters. The topological polar surface area (TPSA) is 87.3 Å². The largest absolute Gasteiger partial charge is 0.356 e. The van der Waals surface area contributed by atoms with E-state index in [0.29, 0.717) is 30.0 Å². The molecule has 0 aliphatic heterocycles. The van der Waals surface area contributed by atoms with Crippen LogP contribution in [0.4, 0.5) is 0 Å². The van der Waals surface area contributed by atoms with Crippen molar-refractivity contribution >= 4 is 29.3 Å². The van der Waals surface area contributed by atoms with E-state index in [1.165, 1.54) is 6.92 Å². The van der Waals surface area contributed by atoms with Crippen LogP contribution in [0.25, 0.3) is 0 Å². The molecular formula is C15H20ClN3O3. The zero-order chi connectivity index (χ0) is 16.4. The van der Waals surface area contributed by atoms with Gasteiger partial charge in [0.05, 0.1) is 0 Å². The van der Waals surface area contributed by atoms with E-state index in [1.54, 1.807) is 24.3 Å². The average molecular weight is 326 g/mol. The van der Waals surface area contributed by atoms with E-state index >= 15 is 0 Å². The van der Waals surface area contributed by atoms with Crippen LogP contribution in [0.5, 0.6) is 0 Å². The van der Waals surface area contributed by atoms with Gasteiger partial charge in [0, 0.05) is 30.5 Å². The standard InChI is InChI=1S/C15H20ClN3O3/c1-11(20)17-10-4-2-3-5-14(21)18-19-15(22)12-6-8-13(16)9-7-12/h6-9H,2-5,10H2,1H3,(H,17,20)(H,18,21)(H,19,22). The fourth-order valence-electron chi connectivity index (χ4n) is 1.71. The minimum Gasteiger partial charge on any atom is -0.356 e. The van der Waals surface area contributed by atoms with Gasteiger partial charge in [0.15, 0.2) is 0 Å². The van der Waals surface area contributed by atoms with Crippen LogP contribution in [-0.2, 0) is 9.59 Å². The number of nitrogens with one attached hydrogen (secondary N) is 3. The molecule has 1 rings (SSSR count). The van der Waals surface area contributed by atoms with E-state index in [-0.39, 0.29) is 11.8 Å². The molecule has 120 valence electrons. The molecule has 6 nitrogen and oxygen atoms in total. The lowest BCUT2D eigenvalue weighted by Crippen LogP contribution is -2.41. The zero-order valence-electron chi connectivity index (χ0n) is 12.4. The highest BCUT2D eigenvalue weighted by Crippen LogP contribution is 2.09. The minimum atomic E-state index is -0.393. The lowest BCUT2D eigenvalue weighted by atomic mass is 10.2. The van der Waals surface area contributed by atoms with Crippen molar-refractivity contribution in [3.63, 3.8) is 0 Å². The van der Waals surface area contributed by atoms with Crippen LogP contribution in [0.15, 0.2) is 24.3 Å². The number of rotatable bonds is 7. The second kappa shape index (κ2) is 9.78. The Labute approximate surface area is 134 Å². The summed E-state index contributed by atoms with van der Waals surface area (Å²) in [5, 5.41) is 3.23. The normalized spacial score (nSPS) is 9.91. The predicted molar refractivity (Wildman–Crippen MR) is 84.2 cm³/mol. The van der Waals surface area contributed by atoms with Gasteiger partial charge in [0.1, 0.15) is 0 Å². The Morgan fingerprint density at radius 2 is 1.68 bits per heavy atom. The van der Waals surface area contributed by atoms with Gasteiger partial charge in [0.25, 0.3) is 5.91 Å². The van der Waals surface area contributed by atoms with Gasteiger partial charge < -0.3 is 5.32 Å². The fraction of sp³-hybridized carbons (Fsp3) is 0.400. The van der Waals surface area contributed by atoms with Gasteiger partial charge in [-0.3, -0.25) is 25.2 Å². The number of unbranched alkanes of at least 4 members (excludes halogenated alkanes) is 2. The molecule has 1 aromatic rings. The molecule has 0 fully saturated rings. The van der Waals surface area contributed by atoms with Crippen LogP contribution in [0.1, 0.15) is 43.0 Å². The van der Waals surface area contributed by atoms with Gasteiger partial charge in [-0.1, -0.05) is 18.0 Å². The molecular weight excluding hydrogens is 306 g/mol. The quantitative estimate of drug-likeness (QED) is 0.527. The third kappa shape index (κ3) is 7.64. The summed E-state index contributed by atoms with van der Waals surface area (Å²) in [6.45, 7) is 2.08. The van der Waals surface area contributed by atoms with Crippen molar-refractivity contribution in [1.82, 2.24) is 16.2 Å². The van der Waals surface area contributed by atoms with E-state index < -0.39 is 5.91 Å². The number of amides is 3. The van der Waals surface area contributed by atoms with Crippen molar-refractivity contribution in [2.24, 2.45) is 0 Å². The van der Waals surface area contributed by atoms with E-state index in [4.69, 9.17) is 11.6 Å². The Morgan fingerprint density at radius 3 is 2.32 bits per heavy atom. The first kappa shape index (κ1) is 18.0. The first-order valence-corrected chi connectivity index (χ1v) is 7.46. The Hall–Kier alpha value is -2.08. The maximum absolute atomic E-state index is 11.7. The molecule has 3 N–H and O–H groups in total. The van der Waals surface area contributed by atoms with Gasteiger partial charge in [-0.25, -0.2) is 0 Å². The van der Waals surface area contributed by atoms with Crippen molar-refractivity contribution in [2.75, 3.05) is 6.54 Å². The molecule has 0 heterocycles. The highest BCUT2D eigenvalue weighted by molar-refractivity contribution is 6.30. The summed E-state index contributed by atoms with van der Waals surface area (Å²) >= 11 is 5.73. The SMILES string of the molecule is CC(=O)NCCCCCC(=O)NNC(=O)c1ccc(Cl)cc1. The number of halogens is 1. The number of hydrazine groups is 1. The average Bonchev–Trinajstić information content (AvgIpc) is 2.48. The lowest BCUT2D eigenvalue weighted by molar-refractivity contribution is -0.122. The van der Waals surface area contributed by atoms with Crippen LogP contribution >= 0.6 is 11.6 Å². The summed E-state index contributed by atoms with van der Waals surface area (Å²) in [7, 11) is 0. The van der Waals surface area contributed by atoms with Crippen molar-refractivity contribution < 1.29 is 14.4 Å². The van der Waals surface area contributed by atoms with Crippen LogP contribution in [0, 0.1) is 0 Å². The lowest BCUT2D eigenvalue weighted by Gasteiger charge is -2.07.